The van der Waals surface area contributed by atoms with E-state index >= 15 is 0 Å². The molecule has 3 rings (SSSR count). The first-order chi connectivity index (χ1) is 11.4. The Labute approximate surface area is 133 Å². The Balaban J connectivity index is 1.70. The maximum absolute atomic E-state index is 12.4. The molecule has 3 aromatic heterocycles. The van der Waals surface area contributed by atoms with E-state index in [9.17, 15) is 18.0 Å². The van der Waals surface area contributed by atoms with Crippen molar-refractivity contribution in [2.75, 3.05) is 5.32 Å². The molecule has 0 unspecified atom stereocenters. The molecular weight excluding hydrogens is 325 g/mol. The summed E-state index contributed by atoms with van der Waals surface area (Å²) in [7, 11) is 0. The van der Waals surface area contributed by atoms with Gasteiger partial charge in [0.25, 0.3) is 5.91 Å². The van der Waals surface area contributed by atoms with E-state index in [-0.39, 0.29) is 5.56 Å². The number of hydrogen-bond donors (Lipinski definition) is 1. The molecule has 0 saturated carbocycles. The minimum Gasteiger partial charge on any atom is -0.319 e. The van der Waals surface area contributed by atoms with E-state index in [0.29, 0.717) is 11.6 Å². The molecule has 3 heterocycles. The monoisotopic (exact) mass is 334 g/mol. The fourth-order valence-corrected chi connectivity index (χ4v) is 1.80. The van der Waals surface area contributed by atoms with Crippen LogP contribution in [0.25, 0.3) is 5.95 Å². The molecule has 0 saturated heterocycles. The number of pyridine rings is 1. The third-order valence-electron chi connectivity index (χ3n) is 2.95. The number of amides is 1. The highest BCUT2D eigenvalue weighted by molar-refractivity contribution is 6.03. The van der Waals surface area contributed by atoms with Gasteiger partial charge in [0.05, 0.1) is 23.6 Å². The number of halogens is 3. The molecule has 1 N–H and O–H groups in total. The third-order valence-corrected chi connectivity index (χ3v) is 2.95. The Hall–Kier alpha value is -3.30. The van der Waals surface area contributed by atoms with Crippen molar-refractivity contribution >= 4 is 11.6 Å². The first kappa shape index (κ1) is 15.6. The quantitative estimate of drug-likeness (QED) is 0.794. The van der Waals surface area contributed by atoms with E-state index < -0.39 is 17.8 Å². The maximum Gasteiger partial charge on any atom is 0.433 e. The predicted molar refractivity (Wildman–Crippen MR) is 76.3 cm³/mol. The molecular formula is C14H9F3N6O. The number of hydrogen-bond acceptors (Lipinski definition) is 5. The fraction of sp³-hybridized carbons (Fsp3) is 0.0714. The summed E-state index contributed by atoms with van der Waals surface area (Å²) in [5.74, 6) is -0.253. The van der Waals surface area contributed by atoms with Crippen molar-refractivity contribution in [3.63, 3.8) is 0 Å². The summed E-state index contributed by atoms with van der Waals surface area (Å²) in [6.07, 6.45) is 3.79. The van der Waals surface area contributed by atoms with Crippen LogP contribution in [0.1, 0.15) is 16.1 Å². The minimum atomic E-state index is -4.55. The summed E-state index contributed by atoms with van der Waals surface area (Å²) in [5.41, 5.74) is -0.780. The van der Waals surface area contributed by atoms with Gasteiger partial charge in [-0.25, -0.2) is 15.0 Å². The first-order valence-corrected chi connectivity index (χ1v) is 6.58. The van der Waals surface area contributed by atoms with Crippen LogP contribution >= 0.6 is 0 Å². The number of carbonyl (C=O) groups is 1. The van der Waals surface area contributed by atoms with E-state index in [0.717, 1.165) is 18.3 Å². The lowest BCUT2D eigenvalue weighted by atomic mass is 10.2. The highest BCUT2D eigenvalue weighted by Gasteiger charge is 2.32. The SMILES string of the molecule is O=C(Nc1cnc(-n2ccnc2)nc1)c1ccc(C(F)(F)F)nc1. The zero-order valence-corrected chi connectivity index (χ0v) is 11.9. The number of anilines is 1. The van der Waals surface area contributed by atoms with Gasteiger partial charge in [-0.05, 0) is 12.1 Å². The number of rotatable bonds is 3. The first-order valence-electron chi connectivity index (χ1n) is 6.58. The van der Waals surface area contributed by atoms with Crippen LogP contribution < -0.4 is 5.32 Å². The Morgan fingerprint density at radius 1 is 1.08 bits per heavy atom. The van der Waals surface area contributed by atoms with Gasteiger partial charge in [-0.3, -0.25) is 14.3 Å². The van der Waals surface area contributed by atoms with E-state index in [2.05, 4.69) is 25.3 Å². The highest BCUT2D eigenvalue weighted by atomic mass is 19.4. The van der Waals surface area contributed by atoms with Gasteiger partial charge in [-0.2, -0.15) is 13.2 Å². The van der Waals surface area contributed by atoms with Crippen molar-refractivity contribution in [3.05, 3.63) is 60.7 Å². The fourth-order valence-electron chi connectivity index (χ4n) is 1.80. The number of nitrogens with one attached hydrogen (secondary N) is 1. The van der Waals surface area contributed by atoms with Crippen molar-refractivity contribution in [2.24, 2.45) is 0 Å². The number of nitrogens with zero attached hydrogens (tertiary/aromatic N) is 5. The topological polar surface area (TPSA) is 85.6 Å². The van der Waals surface area contributed by atoms with Crippen molar-refractivity contribution in [1.82, 2.24) is 24.5 Å². The average Bonchev–Trinajstić information content (AvgIpc) is 3.09. The van der Waals surface area contributed by atoms with Crippen LogP contribution in [0.3, 0.4) is 0 Å². The van der Waals surface area contributed by atoms with E-state index in [1.807, 2.05) is 0 Å². The molecule has 0 aliphatic carbocycles. The molecule has 0 fully saturated rings. The summed E-state index contributed by atoms with van der Waals surface area (Å²) in [4.78, 5) is 27.2. The lowest BCUT2D eigenvalue weighted by Crippen LogP contribution is -2.14. The standard InChI is InChI=1S/C14H9F3N6O/c15-14(16,17)11-2-1-9(5-19-11)12(24)22-10-6-20-13(21-7-10)23-4-3-18-8-23/h1-8H,(H,22,24). The molecule has 122 valence electrons. The minimum absolute atomic E-state index is 0.0123. The number of aromatic nitrogens is 5. The van der Waals surface area contributed by atoms with Gasteiger partial charge in [0.1, 0.15) is 12.0 Å². The zero-order chi connectivity index (χ0) is 17.2. The van der Waals surface area contributed by atoms with Gasteiger partial charge in [0, 0.05) is 18.6 Å². The number of carbonyl (C=O) groups excluding carboxylic acids is 1. The van der Waals surface area contributed by atoms with Crippen LogP contribution in [0.2, 0.25) is 0 Å². The van der Waals surface area contributed by atoms with Gasteiger partial charge in [-0.1, -0.05) is 0 Å². The van der Waals surface area contributed by atoms with Crippen LogP contribution in [0, 0.1) is 0 Å². The number of alkyl halides is 3. The molecule has 0 radical (unpaired) electrons. The van der Waals surface area contributed by atoms with Crippen LogP contribution in [0.5, 0.6) is 0 Å². The zero-order valence-electron chi connectivity index (χ0n) is 11.9. The summed E-state index contributed by atoms with van der Waals surface area (Å²) < 4.78 is 38.9. The highest BCUT2D eigenvalue weighted by Crippen LogP contribution is 2.27. The van der Waals surface area contributed by atoms with Crippen molar-refractivity contribution < 1.29 is 18.0 Å². The molecule has 3 aromatic rings. The van der Waals surface area contributed by atoms with Crippen molar-refractivity contribution in [2.45, 2.75) is 6.18 Å². The van der Waals surface area contributed by atoms with Crippen molar-refractivity contribution in [1.29, 1.82) is 0 Å². The van der Waals surface area contributed by atoms with Gasteiger partial charge in [0.2, 0.25) is 5.95 Å². The Morgan fingerprint density at radius 2 is 1.83 bits per heavy atom. The van der Waals surface area contributed by atoms with E-state index in [1.165, 1.54) is 18.7 Å². The predicted octanol–water partition coefficient (Wildman–Crippen LogP) is 2.33. The molecule has 0 atom stereocenters. The largest absolute Gasteiger partial charge is 0.433 e. The van der Waals surface area contributed by atoms with Crippen LogP contribution in [0.15, 0.2) is 49.4 Å². The van der Waals surface area contributed by atoms with Crippen molar-refractivity contribution in [3.8, 4) is 5.95 Å². The molecule has 7 nitrogen and oxygen atoms in total. The van der Waals surface area contributed by atoms with Crippen LogP contribution in [-0.4, -0.2) is 30.4 Å². The molecule has 0 spiro atoms. The van der Waals surface area contributed by atoms with Gasteiger partial charge >= 0.3 is 6.18 Å². The van der Waals surface area contributed by atoms with Gasteiger partial charge < -0.3 is 5.32 Å². The summed E-state index contributed by atoms with van der Waals surface area (Å²) >= 11 is 0. The molecule has 24 heavy (non-hydrogen) atoms. The Morgan fingerprint density at radius 3 is 2.38 bits per heavy atom. The van der Waals surface area contributed by atoms with Gasteiger partial charge in [-0.15, -0.1) is 0 Å². The molecule has 0 aliphatic rings. The van der Waals surface area contributed by atoms with Crippen LogP contribution in [0.4, 0.5) is 18.9 Å². The lowest BCUT2D eigenvalue weighted by Gasteiger charge is -2.07. The normalized spacial score (nSPS) is 11.3. The maximum atomic E-state index is 12.4. The van der Waals surface area contributed by atoms with Gasteiger partial charge in [0.15, 0.2) is 0 Å². The molecule has 1 amide bonds. The molecule has 0 bridgehead atoms. The summed E-state index contributed by atoms with van der Waals surface area (Å²) in [6, 6.07) is 1.79. The summed E-state index contributed by atoms with van der Waals surface area (Å²) in [6.45, 7) is 0. The smallest absolute Gasteiger partial charge is 0.319 e. The lowest BCUT2D eigenvalue weighted by molar-refractivity contribution is -0.141. The van der Waals surface area contributed by atoms with E-state index in [1.54, 1.807) is 17.0 Å². The Bertz CT molecular complexity index is 828. The summed E-state index contributed by atoms with van der Waals surface area (Å²) in [5, 5.41) is 2.48. The van der Waals surface area contributed by atoms with Crippen LogP contribution in [-0.2, 0) is 6.18 Å². The molecule has 0 aromatic carbocycles. The molecule has 10 heteroatoms. The third kappa shape index (κ3) is 3.37. The average molecular weight is 334 g/mol. The van der Waals surface area contributed by atoms with E-state index in [4.69, 9.17) is 0 Å². The molecule has 0 aliphatic heterocycles. The second-order valence-electron chi connectivity index (χ2n) is 4.63. The second kappa shape index (κ2) is 6.07. The second-order valence-corrected chi connectivity index (χ2v) is 4.63. The Kier molecular flexibility index (Phi) is 3.94. The number of imidazole rings is 1.